The summed E-state index contributed by atoms with van der Waals surface area (Å²) in [7, 11) is 0. The third-order valence-electron chi connectivity index (χ3n) is 2.80. The van der Waals surface area contributed by atoms with Gasteiger partial charge in [0.15, 0.2) is 0 Å². The summed E-state index contributed by atoms with van der Waals surface area (Å²) in [6.45, 7) is 0. The molecule has 0 spiro atoms. The highest BCUT2D eigenvalue weighted by Crippen LogP contribution is 2.31. The van der Waals surface area contributed by atoms with Crippen molar-refractivity contribution < 1.29 is 4.79 Å². The maximum Gasteiger partial charge on any atom is 0.241 e. The van der Waals surface area contributed by atoms with Crippen LogP contribution >= 0.6 is 11.8 Å². The molecule has 1 aromatic carbocycles. The molecule has 1 aliphatic carbocycles. The van der Waals surface area contributed by atoms with Crippen molar-refractivity contribution in [2.75, 3.05) is 0 Å². The first kappa shape index (κ1) is 9.67. The minimum atomic E-state index is 0.261. The molecule has 1 radical (unpaired) electrons. The van der Waals surface area contributed by atoms with Gasteiger partial charge in [0.05, 0.1) is 10.2 Å². The largest absolute Gasteiger partial charge is 0.284 e. The van der Waals surface area contributed by atoms with Gasteiger partial charge < -0.3 is 0 Å². The van der Waals surface area contributed by atoms with Crippen molar-refractivity contribution in [3.8, 4) is 0 Å². The second-order valence-corrected chi connectivity index (χ2v) is 4.87. The SMILES string of the molecule is O=[C]C1=c2ccccc2=C2C=CC=CC2S1. The Labute approximate surface area is 97.9 Å². The van der Waals surface area contributed by atoms with E-state index in [2.05, 4.69) is 24.5 Å². The van der Waals surface area contributed by atoms with Gasteiger partial charge in [0.25, 0.3) is 0 Å². The van der Waals surface area contributed by atoms with E-state index in [4.69, 9.17) is 0 Å². The molecule has 1 aromatic rings. The second kappa shape index (κ2) is 3.80. The molecule has 1 heterocycles. The van der Waals surface area contributed by atoms with E-state index in [0.717, 1.165) is 10.4 Å². The van der Waals surface area contributed by atoms with Crippen molar-refractivity contribution >= 4 is 28.5 Å². The smallest absolute Gasteiger partial charge is 0.241 e. The standard InChI is InChI=1S/C14H9OS/c15-9-14-12-7-2-1-5-10(12)11-6-3-4-8-13(11)16-14/h1-8,13H. The van der Waals surface area contributed by atoms with Crippen molar-refractivity contribution in [1.82, 2.24) is 0 Å². The minimum Gasteiger partial charge on any atom is -0.284 e. The lowest BCUT2D eigenvalue weighted by molar-refractivity contribution is 0.566. The van der Waals surface area contributed by atoms with Crippen molar-refractivity contribution in [2.45, 2.75) is 5.25 Å². The van der Waals surface area contributed by atoms with E-state index in [-0.39, 0.29) is 5.25 Å². The fourth-order valence-corrected chi connectivity index (χ4v) is 3.18. The average Bonchev–Trinajstić information content (AvgIpc) is 2.38. The van der Waals surface area contributed by atoms with Gasteiger partial charge in [-0.25, -0.2) is 0 Å². The van der Waals surface area contributed by atoms with Crippen LogP contribution in [0, 0.1) is 0 Å². The van der Waals surface area contributed by atoms with Gasteiger partial charge in [-0.15, -0.1) is 11.8 Å². The zero-order valence-electron chi connectivity index (χ0n) is 8.51. The molecule has 0 aromatic heterocycles. The Morgan fingerprint density at radius 2 is 1.94 bits per heavy atom. The van der Waals surface area contributed by atoms with Gasteiger partial charge in [-0.05, 0) is 16.0 Å². The van der Waals surface area contributed by atoms with E-state index in [1.54, 1.807) is 11.8 Å². The van der Waals surface area contributed by atoms with Crippen LogP contribution in [0.1, 0.15) is 0 Å². The van der Waals surface area contributed by atoms with Gasteiger partial charge in [0.2, 0.25) is 6.29 Å². The van der Waals surface area contributed by atoms with Gasteiger partial charge in [-0.3, -0.25) is 4.79 Å². The van der Waals surface area contributed by atoms with Gasteiger partial charge >= 0.3 is 0 Å². The molecule has 1 atom stereocenters. The first-order chi connectivity index (χ1) is 7.90. The highest BCUT2D eigenvalue weighted by atomic mass is 32.2. The molecular formula is C14H9OS. The summed E-state index contributed by atoms with van der Waals surface area (Å²) in [5.74, 6) is 0. The van der Waals surface area contributed by atoms with Gasteiger partial charge in [0, 0.05) is 0 Å². The average molecular weight is 225 g/mol. The molecule has 3 rings (SSSR count). The van der Waals surface area contributed by atoms with Gasteiger partial charge in [0.1, 0.15) is 0 Å². The lowest BCUT2D eigenvalue weighted by Crippen LogP contribution is -2.34. The third kappa shape index (κ3) is 1.38. The Hall–Kier alpha value is -1.54. The van der Waals surface area contributed by atoms with Crippen molar-refractivity contribution in [1.29, 1.82) is 0 Å². The van der Waals surface area contributed by atoms with Crippen LogP contribution < -0.4 is 10.4 Å². The van der Waals surface area contributed by atoms with E-state index in [1.807, 2.05) is 30.4 Å². The Bertz CT molecular complexity index is 622. The van der Waals surface area contributed by atoms with Crippen molar-refractivity contribution in [3.05, 3.63) is 59.0 Å². The number of benzene rings is 1. The molecule has 16 heavy (non-hydrogen) atoms. The van der Waals surface area contributed by atoms with Crippen LogP contribution in [0.25, 0.3) is 10.5 Å². The van der Waals surface area contributed by atoms with Crippen LogP contribution in [0.15, 0.2) is 48.6 Å². The summed E-state index contributed by atoms with van der Waals surface area (Å²) < 4.78 is 0. The van der Waals surface area contributed by atoms with Crippen LogP contribution in [-0.2, 0) is 4.79 Å². The summed E-state index contributed by atoms with van der Waals surface area (Å²) >= 11 is 1.58. The predicted octanol–water partition coefficient (Wildman–Crippen LogP) is 1.30. The van der Waals surface area contributed by atoms with Crippen molar-refractivity contribution in [2.24, 2.45) is 0 Å². The zero-order valence-corrected chi connectivity index (χ0v) is 9.33. The van der Waals surface area contributed by atoms with Crippen LogP contribution in [0.3, 0.4) is 0 Å². The molecule has 1 unspecified atom stereocenters. The monoisotopic (exact) mass is 225 g/mol. The number of hydrogen-bond donors (Lipinski definition) is 0. The molecule has 0 amide bonds. The Morgan fingerprint density at radius 3 is 2.75 bits per heavy atom. The van der Waals surface area contributed by atoms with E-state index in [1.165, 1.54) is 5.57 Å². The molecule has 1 nitrogen and oxygen atoms in total. The first-order valence-corrected chi connectivity index (χ1v) is 6.01. The molecule has 0 bridgehead atoms. The molecular weight excluding hydrogens is 216 g/mol. The summed E-state index contributed by atoms with van der Waals surface area (Å²) in [6, 6.07) is 8.02. The van der Waals surface area contributed by atoms with Crippen LogP contribution in [0.4, 0.5) is 0 Å². The number of allylic oxidation sites excluding steroid dienone is 3. The molecule has 2 heteroatoms. The maximum absolute atomic E-state index is 11.0. The first-order valence-electron chi connectivity index (χ1n) is 5.13. The van der Waals surface area contributed by atoms with E-state index in [9.17, 15) is 4.79 Å². The number of rotatable bonds is 1. The van der Waals surface area contributed by atoms with E-state index >= 15 is 0 Å². The number of carbonyl (C=O) groups excluding carboxylic acids is 1. The molecule has 0 N–H and O–H groups in total. The number of thioether (sulfide) groups is 1. The van der Waals surface area contributed by atoms with Crippen LogP contribution in [0.2, 0.25) is 0 Å². The Balaban J connectivity index is 2.45. The van der Waals surface area contributed by atoms with Crippen LogP contribution in [-0.4, -0.2) is 11.5 Å². The fraction of sp³-hybridized carbons (Fsp3) is 0.0714. The molecule has 2 aliphatic rings. The highest BCUT2D eigenvalue weighted by Gasteiger charge is 2.20. The number of hydrogen-bond acceptors (Lipinski definition) is 2. The second-order valence-electron chi connectivity index (χ2n) is 3.71. The summed E-state index contributed by atoms with van der Waals surface area (Å²) in [5, 5.41) is 2.43. The molecule has 0 saturated carbocycles. The van der Waals surface area contributed by atoms with Gasteiger partial charge in [-0.2, -0.15) is 0 Å². The highest BCUT2D eigenvalue weighted by molar-refractivity contribution is 8.10. The third-order valence-corrected chi connectivity index (χ3v) is 4.00. The molecule has 77 valence electrons. The van der Waals surface area contributed by atoms with Gasteiger partial charge in [-0.1, -0.05) is 48.6 Å². The summed E-state index contributed by atoms with van der Waals surface area (Å²) in [4.78, 5) is 11.7. The Morgan fingerprint density at radius 1 is 1.12 bits per heavy atom. The van der Waals surface area contributed by atoms with E-state index in [0.29, 0.717) is 4.91 Å². The molecule has 0 saturated heterocycles. The number of fused-ring (bicyclic) bond motifs is 2. The summed E-state index contributed by atoms with van der Waals surface area (Å²) in [6.07, 6.45) is 10.4. The molecule has 0 fully saturated rings. The van der Waals surface area contributed by atoms with E-state index < -0.39 is 0 Å². The predicted molar refractivity (Wildman–Crippen MR) is 67.9 cm³/mol. The normalized spacial score (nSPS) is 21.6. The fourth-order valence-electron chi connectivity index (χ4n) is 2.07. The maximum atomic E-state index is 11.0. The Kier molecular flexibility index (Phi) is 2.29. The summed E-state index contributed by atoms with van der Waals surface area (Å²) in [5.41, 5.74) is 1.28. The quantitative estimate of drug-likeness (QED) is 0.716. The molecule has 1 aliphatic heterocycles. The zero-order chi connectivity index (χ0) is 11.0. The lowest BCUT2D eigenvalue weighted by Gasteiger charge is -2.20. The minimum absolute atomic E-state index is 0.261. The lowest BCUT2D eigenvalue weighted by atomic mass is 10.0. The topological polar surface area (TPSA) is 17.1 Å². The van der Waals surface area contributed by atoms with Crippen LogP contribution in [0.5, 0.6) is 0 Å². The van der Waals surface area contributed by atoms with Crippen molar-refractivity contribution in [3.63, 3.8) is 0 Å².